The Bertz CT molecular complexity index is 1270. The Balaban J connectivity index is 1.70. The van der Waals surface area contributed by atoms with E-state index in [9.17, 15) is 9.90 Å². The van der Waals surface area contributed by atoms with Crippen LogP contribution in [0.1, 0.15) is 17.2 Å². The maximum atomic E-state index is 12.6. The third-order valence-corrected chi connectivity index (χ3v) is 4.76. The standard InChI is InChI=1S/C22H19N5O2/c1-13-10-15(23-2)11-17-20(13)27-21(26-17)19-16(8-9-24-22(19)29)25-12-18(28)14-6-4-3-5-7-14/h3-11,18,28H,12H2,1H3,(H,26,27)(H2,24,25,29). The molecule has 1 atom stereocenters. The molecule has 144 valence electrons. The first-order valence-corrected chi connectivity index (χ1v) is 9.13. The maximum absolute atomic E-state index is 12.6. The van der Waals surface area contributed by atoms with Crippen LogP contribution in [0.3, 0.4) is 0 Å². The monoisotopic (exact) mass is 385 g/mol. The zero-order valence-electron chi connectivity index (χ0n) is 15.7. The van der Waals surface area contributed by atoms with Gasteiger partial charge in [0.05, 0.1) is 29.4 Å². The van der Waals surface area contributed by atoms with Gasteiger partial charge in [0, 0.05) is 12.7 Å². The second-order valence-corrected chi connectivity index (χ2v) is 6.76. The van der Waals surface area contributed by atoms with Gasteiger partial charge in [-0.2, -0.15) is 0 Å². The molecule has 0 fully saturated rings. The Labute approximate surface area is 166 Å². The molecule has 4 rings (SSSR count). The fourth-order valence-corrected chi connectivity index (χ4v) is 3.32. The highest BCUT2D eigenvalue weighted by Crippen LogP contribution is 2.29. The highest BCUT2D eigenvalue weighted by molar-refractivity contribution is 5.87. The third-order valence-electron chi connectivity index (χ3n) is 4.76. The van der Waals surface area contributed by atoms with E-state index in [1.807, 2.05) is 37.3 Å². The van der Waals surface area contributed by atoms with E-state index in [1.165, 1.54) is 0 Å². The summed E-state index contributed by atoms with van der Waals surface area (Å²) in [5.41, 5.74) is 4.19. The van der Waals surface area contributed by atoms with Gasteiger partial charge in [-0.05, 0) is 30.2 Å². The summed E-state index contributed by atoms with van der Waals surface area (Å²) in [5, 5.41) is 13.6. The lowest BCUT2D eigenvalue weighted by atomic mass is 10.1. The molecule has 7 heteroatoms. The Hall–Kier alpha value is -3.89. The van der Waals surface area contributed by atoms with E-state index in [-0.39, 0.29) is 12.1 Å². The van der Waals surface area contributed by atoms with Crippen LogP contribution in [0.15, 0.2) is 59.5 Å². The van der Waals surface area contributed by atoms with Crippen LogP contribution in [-0.4, -0.2) is 26.6 Å². The molecule has 0 amide bonds. The van der Waals surface area contributed by atoms with Crippen molar-refractivity contribution in [3.05, 3.63) is 87.6 Å². The number of benzene rings is 2. The molecule has 7 nitrogen and oxygen atoms in total. The van der Waals surface area contributed by atoms with Gasteiger partial charge in [-0.15, -0.1) is 0 Å². The van der Waals surface area contributed by atoms with Crippen molar-refractivity contribution in [1.29, 1.82) is 0 Å². The average molecular weight is 385 g/mol. The number of fused-ring (bicyclic) bond motifs is 1. The highest BCUT2D eigenvalue weighted by atomic mass is 16.3. The number of aliphatic hydroxyl groups is 1. The minimum Gasteiger partial charge on any atom is -0.387 e. The summed E-state index contributed by atoms with van der Waals surface area (Å²) in [6.07, 6.45) is 0.830. The van der Waals surface area contributed by atoms with Gasteiger partial charge in [-0.1, -0.05) is 36.4 Å². The van der Waals surface area contributed by atoms with Gasteiger partial charge in [0.25, 0.3) is 5.56 Å². The van der Waals surface area contributed by atoms with Gasteiger partial charge in [0.2, 0.25) is 0 Å². The zero-order valence-corrected chi connectivity index (χ0v) is 15.7. The summed E-state index contributed by atoms with van der Waals surface area (Å²) < 4.78 is 0. The zero-order chi connectivity index (χ0) is 20.4. The number of pyridine rings is 1. The van der Waals surface area contributed by atoms with Crippen molar-refractivity contribution < 1.29 is 5.11 Å². The number of nitrogens with zero attached hydrogens (tertiary/aromatic N) is 2. The molecule has 0 radical (unpaired) electrons. The highest BCUT2D eigenvalue weighted by Gasteiger charge is 2.16. The lowest BCUT2D eigenvalue weighted by Gasteiger charge is -2.14. The molecule has 0 aliphatic rings. The first kappa shape index (κ1) is 18.5. The van der Waals surface area contributed by atoms with Crippen LogP contribution in [0.2, 0.25) is 0 Å². The van der Waals surface area contributed by atoms with Gasteiger partial charge in [0.1, 0.15) is 11.4 Å². The SMILES string of the molecule is [C-]#[N+]c1cc(C)c2nc(-c3c(NCC(O)c4ccccc4)cc[nH]c3=O)[nH]c2c1. The minimum atomic E-state index is -0.720. The molecule has 0 saturated heterocycles. The molecular weight excluding hydrogens is 366 g/mol. The van der Waals surface area contributed by atoms with E-state index in [0.29, 0.717) is 33.8 Å². The fourth-order valence-electron chi connectivity index (χ4n) is 3.32. The number of aliphatic hydroxyl groups excluding tert-OH is 1. The number of hydrogen-bond acceptors (Lipinski definition) is 4. The Morgan fingerprint density at radius 1 is 1.24 bits per heavy atom. The molecule has 4 aromatic rings. The van der Waals surface area contributed by atoms with Crippen LogP contribution < -0.4 is 10.9 Å². The summed E-state index contributed by atoms with van der Waals surface area (Å²) in [4.78, 5) is 26.5. The molecule has 0 aliphatic heterocycles. The van der Waals surface area contributed by atoms with Crippen LogP contribution in [0.5, 0.6) is 0 Å². The molecule has 2 aromatic carbocycles. The topological polar surface area (TPSA) is 98.2 Å². The summed E-state index contributed by atoms with van der Waals surface area (Å²) >= 11 is 0. The summed E-state index contributed by atoms with van der Waals surface area (Å²) in [6.45, 7) is 9.34. The van der Waals surface area contributed by atoms with Gasteiger partial charge in [-0.3, -0.25) is 4.79 Å². The predicted octanol–water partition coefficient (Wildman–Crippen LogP) is 3.92. The van der Waals surface area contributed by atoms with Crippen molar-refractivity contribution in [2.75, 3.05) is 11.9 Å². The van der Waals surface area contributed by atoms with Crippen LogP contribution in [0.4, 0.5) is 11.4 Å². The summed E-state index contributed by atoms with van der Waals surface area (Å²) in [7, 11) is 0. The van der Waals surface area contributed by atoms with Gasteiger partial charge >= 0.3 is 0 Å². The van der Waals surface area contributed by atoms with Crippen LogP contribution in [0, 0.1) is 13.5 Å². The number of nitrogens with one attached hydrogen (secondary N) is 3. The van der Waals surface area contributed by atoms with E-state index >= 15 is 0 Å². The predicted molar refractivity (Wildman–Crippen MR) is 113 cm³/mol. The van der Waals surface area contributed by atoms with E-state index in [4.69, 9.17) is 6.57 Å². The first-order valence-electron chi connectivity index (χ1n) is 9.13. The smallest absolute Gasteiger partial charge is 0.261 e. The number of aryl methyl sites for hydroxylation is 1. The minimum absolute atomic E-state index is 0.238. The van der Waals surface area contributed by atoms with E-state index < -0.39 is 6.10 Å². The molecule has 1 unspecified atom stereocenters. The van der Waals surface area contributed by atoms with Crippen LogP contribution in [0.25, 0.3) is 27.3 Å². The quantitative estimate of drug-likeness (QED) is 0.391. The van der Waals surface area contributed by atoms with Gasteiger partial charge < -0.3 is 20.4 Å². The van der Waals surface area contributed by atoms with Crippen LogP contribution >= 0.6 is 0 Å². The number of aromatic nitrogens is 3. The molecule has 2 heterocycles. The fraction of sp³-hybridized carbons (Fsp3) is 0.136. The molecule has 0 spiro atoms. The number of imidazole rings is 1. The van der Waals surface area contributed by atoms with Crippen LogP contribution in [-0.2, 0) is 0 Å². The third kappa shape index (κ3) is 3.61. The van der Waals surface area contributed by atoms with Crippen molar-refractivity contribution in [2.24, 2.45) is 0 Å². The lowest BCUT2D eigenvalue weighted by Crippen LogP contribution is -2.17. The Kier molecular flexibility index (Phi) is 4.85. The second kappa shape index (κ2) is 7.62. The molecular formula is C22H19N5O2. The van der Waals surface area contributed by atoms with Crippen molar-refractivity contribution >= 4 is 22.4 Å². The van der Waals surface area contributed by atoms with Gasteiger partial charge in [-0.25, -0.2) is 9.83 Å². The Morgan fingerprint density at radius 3 is 2.79 bits per heavy atom. The van der Waals surface area contributed by atoms with Gasteiger partial charge in [0.15, 0.2) is 5.69 Å². The van der Waals surface area contributed by atoms with Crippen molar-refractivity contribution in [3.63, 3.8) is 0 Å². The maximum Gasteiger partial charge on any atom is 0.261 e. The number of hydrogen-bond donors (Lipinski definition) is 4. The number of anilines is 1. The molecule has 29 heavy (non-hydrogen) atoms. The summed E-state index contributed by atoms with van der Waals surface area (Å²) in [5.74, 6) is 0.406. The first-order chi connectivity index (χ1) is 14.1. The molecule has 0 bridgehead atoms. The summed E-state index contributed by atoms with van der Waals surface area (Å²) in [6, 6.07) is 14.5. The Morgan fingerprint density at radius 2 is 2.03 bits per heavy atom. The van der Waals surface area contributed by atoms with Crippen molar-refractivity contribution in [2.45, 2.75) is 13.0 Å². The average Bonchev–Trinajstić information content (AvgIpc) is 3.16. The van der Waals surface area contributed by atoms with E-state index in [2.05, 4.69) is 25.1 Å². The molecule has 0 aliphatic carbocycles. The van der Waals surface area contributed by atoms with E-state index in [1.54, 1.807) is 24.4 Å². The lowest BCUT2D eigenvalue weighted by molar-refractivity contribution is 0.191. The molecule has 2 aromatic heterocycles. The molecule has 4 N–H and O–H groups in total. The number of rotatable bonds is 5. The largest absolute Gasteiger partial charge is 0.387 e. The van der Waals surface area contributed by atoms with E-state index in [0.717, 1.165) is 11.1 Å². The molecule has 0 saturated carbocycles. The van der Waals surface area contributed by atoms with Crippen molar-refractivity contribution in [1.82, 2.24) is 15.0 Å². The second-order valence-electron chi connectivity index (χ2n) is 6.76. The number of aromatic amines is 2. The number of H-pyrrole nitrogens is 2. The van der Waals surface area contributed by atoms with Crippen molar-refractivity contribution in [3.8, 4) is 11.4 Å². The normalized spacial score (nSPS) is 11.9.